The van der Waals surface area contributed by atoms with E-state index in [1.165, 1.54) is 0 Å². The van der Waals surface area contributed by atoms with Crippen molar-refractivity contribution in [2.24, 2.45) is 5.92 Å². The van der Waals surface area contributed by atoms with E-state index in [2.05, 4.69) is 10.1 Å². The highest BCUT2D eigenvalue weighted by molar-refractivity contribution is 5.85. The summed E-state index contributed by atoms with van der Waals surface area (Å²) in [5.74, 6) is -2.76. The highest BCUT2D eigenvalue weighted by Crippen LogP contribution is 2.08. The molecule has 0 aliphatic rings. The number of nitrogens with one attached hydrogen (secondary N) is 1. The van der Waals surface area contributed by atoms with Gasteiger partial charge in [-0.1, -0.05) is 6.92 Å². The molecule has 2 N–H and O–H groups in total. The van der Waals surface area contributed by atoms with E-state index in [1.54, 1.807) is 13.8 Å². The fourth-order valence-electron chi connectivity index (χ4n) is 1.40. The van der Waals surface area contributed by atoms with E-state index in [1.807, 2.05) is 6.07 Å². The first-order chi connectivity index (χ1) is 8.92. The van der Waals surface area contributed by atoms with Gasteiger partial charge < -0.3 is 15.2 Å². The maximum absolute atomic E-state index is 11.5. The summed E-state index contributed by atoms with van der Waals surface area (Å²) >= 11 is 0. The molecule has 0 aliphatic carbocycles. The van der Waals surface area contributed by atoms with Crippen LogP contribution in [-0.4, -0.2) is 35.6 Å². The number of ether oxygens (including phenoxy) is 1. The Balaban J connectivity index is 4.29. The van der Waals surface area contributed by atoms with Crippen molar-refractivity contribution < 1.29 is 24.2 Å². The van der Waals surface area contributed by atoms with E-state index >= 15 is 0 Å². The largest absolute Gasteiger partial charge is 0.480 e. The smallest absolute Gasteiger partial charge is 0.326 e. The summed E-state index contributed by atoms with van der Waals surface area (Å²) in [5, 5.41) is 19.8. The minimum Gasteiger partial charge on any atom is -0.480 e. The molecule has 1 amide bonds. The quantitative estimate of drug-likeness (QED) is 0.618. The number of aliphatic carboxylic acids is 1. The molecule has 0 heterocycles. The van der Waals surface area contributed by atoms with Crippen LogP contribution in [-0.2, 0) is 19.1 Å². The zero-order valence-corrected chi connectivity index (χ0v) is 11.0. The van der Waals surface area contributed by atoms with E-state index < -0.39 is 29.8 Å². The molecule has 0 saturated heterocycles. The van der Waals surface area contributed by atoms with E-state index in [-0.39, 0.29) is 25.9 Å². The van der Waals surface area contributed by atoms with Gasteiger partial charge in [0, 0.05) is 18.8 Å². The topological polar surface area (TPSA) is 116 Å². The summed E-state index contributed by atoms with van der Waals surface area (Å²) < 4.78 is 4.65. The van der Waals surface area contributed by atoms with Gasteiger partial charge in [0.1, 0.15) is 6.04 Å². The van der Waals surface area contributed by atoms with Gasteiger partial charge in [0.15, 0.2) is 0 Å². The maximum atomic E-state index is 11.5. The Bertz CT molecular complexity index is 375. The van der Waals surface area contributed by atoms with E-state index in [9.17, 15) is 14.4 Å². The molecule has 2 atom stereocenters. The van der Waals surface area contributed by atoms with Crippen molar-refractivity contribution in [3.8, 4) is 6.07 Å². The highest BCUT2D eigenvalue weighted by atomic mass is 16.5. The van der Waals surface area contributed by atoms with Gasteiger partial charge in [-0.3, -0.25) is 9.59 Å². The lowest BCUT2D eigenvalue weighted by molar-refractivity contribution is -0.145. The van der Waals surface area contributed by atoms with Crippen LogP contribution in [0.15, 0.2) is 0 Å². The lowest BCUT2D eigenvalue weighted by Gasteiger charge is -2.19. The first kappa shape index (κ1) is 16.9. The molecule has 0 aromatic rings. The van der Waals surface area contributed by atoms with E-state index in [4.69, 9.17) is 10.4 Å². The van der Waals surface area contributed by atoms with Crippen LogP contribution in [0, 0.1) is 17.2 Å². The summed E-state index contributed by atoms with van der Waals surface area (Å²) in [6.07, 6.45) is -0.213. The first-order valence-electron chi connectivity index (χ1n) is 5.97. The number of amides is 1. The normalized spacial score (nSPS) is 12.9. The van der Waals surface area contributed by atoms with Crippen molar-refractivity contribution in [2.45, 2.75) is 39.2 Å². The third kappa shape index (κ3) is 7.03. The van der Waals surface area contributed by atoms with Crippen LogP contribution in [0.2, 0.25) is 0 Å². The minimum atomic E-state index is -1.20. The van der Waals surface area contributed by atoms with Crippen LogP contribution in [0.1, 0.15) is 33.1 Å². The van der Waals surface area contributed by atoms with Crippen molar-refractivity contribution in [2.75, 3.05) is 6.61 Å². The average molecular weight is 270 g/mol. The van der Waals surface area contributed by atoms with Gasteiger partial charge in [0.25, 0.3) is 0 Å². The van der Waals surface area contributed by atoms with Crippen LogP contribution in [0.3, 0.4) is 0 Å². The van der Waals surface area contributed by atoms with Gasteiger partial charge >= 0.3 is 11.9 Å². The van der Waals surface area contributed by atoms with Gasteiger partial charge in [0.05, 0.1) is 19.1 Å². The molecule has 0 unspecified atom stereocenters. The predicted octanol–water partition coefficient (Wildman–Crippen LogP) is 0.449. The number of carboxylic acids is 1. The van der Waals surface area contributed by atoms with Crippen molar-refractivity contribution in [3.05, 3.63) is 0 Å². The van der Waals surface area contributed by atoms with Crippen LogP contribution >= 0.6 is 0 Å². The average Bonchev–Trinajstić information content (AvgIpc) is 2.33. The van der Waals surface area contributed by atoms with Gasteiger partial charge in [-0.05, 0) is 6.92 Å². The van der Waals surface area contributed by atoms with Crippen molar-refractivity contribution >= 4 is 17.8 Å². The number of carboxylic acid groups (broad SMARTS) is 1. The molecule has 7 heteroatoms. The lowest BCUT2D eigenvalue weighted by Crippen LogP contribution is -2.45. The third-order valence-electron chi connectivity index (χ3n) is 2.43. The van der Waals surface area contributed by atoms with Gasteiger partial charge in [-0.25, -0.2) is 4.79 Å². The highest BCUT2D eigenvalue weighted by Gasteiger charge is 2.26. The Hall–Kier alpha value is -2.10. The molecular weight excluding hydrogens is 252 g/mol. The van der Waals surface area contributed by atoms with Crippen LogP contribution < -0.4 is 5.32 Å². The van der Waals surface area contributed by atoms with Crippen LogP contribution in [0.5, 0.6) is 0 Å². The molecule has 7 nitrogen and oxygen atoms in total. The molecule has 0 bridgehead atoms. The molecule has 0 aliphatic heterocycles. The molecule has 106 valence electrons. The Morgan fingerprint density at radius 2 is 2.00 bits per heavy atom. The van der Waals surface area contributed by atoms with Gasteiger partial charge in [-0.15, -0.1) is 0 Å². The number of carbonyl (C=O) groups excluding carboxylic acids is 2. The standard InChI is InChI=1S/C12H18N2O5/c1-3-19-10(16)5-4-9(15)14-11(12(17)18)8(2)6-7-13/h8,11H,3-6H2,1-2H3,(H,14,15)(H,17,18)/t8-,11-/m0/s1. The van der Waals surface area contributed by atoms with E-state index in [0.29, 0.717) is 0 Å². The Morgan fingerprint density at radius 1 is 1.37 bits per heavy atom. The summed E-state index contributed by atoms with van der Waals surface area (Å²) in [7, 11) is 0. The van der Waals surface area contributed by atoms with Crippen molar-refractivity contribution in [1.29, 1.82) is 5.26 Å². The van der Waals surface area contributed by atoms with Crippen molar-refractivity contribution in [1.82, 2.24) is 5.32 Å². The Labute approximate surface area is 111 Å². The summed E-state index contributed by atoms with van der Waals surface area (Å²) in [4.78, 5) is 33.5. The Kier molecular flexibility index (Phi) is 7.93. The second-order valence-corrected chi connectivity index (χ2v) is 4.03. The van der Waals surface area contributed by atoms with Gasteiger partial charge in [-0.2, -0.15) is 5.26 Å². The molecule has 0 aromatic carbocycles. The molecular formula is C12H18N2O5. The molecule has 0 fully saturated rings. The fraction of sp³-hybridized carbons (Fsp3) is 0.667. The summed E-state index contributed by atoms with van der Waals surface area (Å²) in [5.41, 5.74) is 0. The second kappa shape index (κ2) is 8.91. The number of nitrogens with zero attached hydrogens (tertiary/aromatic N) is 1. The fourth-order valence-corrected chi connectivity index (χ4v) is 1.40. The number of rotatable bonds is 8. The summed E-state index contributed by atoms with van der Waals surface area (Å²) in [6.45, 7) is 3.45. The van der Waals surface area contributed by atoms with Crippen LogP contribution in [0.25, 0.3) is 0 Å². The first-order valence-corrected chi connectivity index (χ1v) is 5.97. The van der Waals surface area contributed by atoms with Gasteiger partial charge in [0.2, 0.25) is 5.91 Å². The van der Waals surface area contributed by atoms with E-state index in [0.717, 1.165) is 0 Å². The number of hydrogen-bond donors (Lipinski definition) is 2. The molecule has 0 spiro atoms. The number of carbonyl (C=O) groups is 3. The SMILES string of the molecule is CCOC(=O)CCC(=O)N[C@H](C(=O)O)[C@@H](C)CC#N. The Morgan fingerprint density at radius 3 is 2.47 bits per heavy atom. The number of hydrogen-bond acceptors (Lipinski definition) is 5. The predicted molar refractivity (Wildman–Crippen MR) is 64.8 cm³/mol. The zero-order chi connectivity index (χ0) is 14.8. The number of esters is 1. The molecule has 0 saturated carbocycles. The second-order valence-electron chi connectivity index (χ2n) is 4.03. The minimum absolute atomic E-state index is 0.0229. The molecule has 0 aromatic heterocycles. The lowest BCUT2D eigenvalue weighted by atomic mass is 9.99. The van der Waals surface area contributed by atoms with Crippen LogP contribution in [0.4, 0.5) is 0 Å². The zero-order valence-electron chi connectivity index (χ0n) is 11.0. The number of nitriles is 1. The molecule has 0 radical (unpaired) electrons. The third-order valence-corrected chi connectivity index (χ3v) is 2.43. The maximum Gasteiger partial charge on any atom is 0.326 e. The molecule has 0 rings (SSSR count). The summed E-state index contributed by atoms with van der Waals surface area (Å²) in [6, 6.07) is 0.724. The van der Waals surface area contributed by atoms with Crippen molar-refractivity contribution in [3.63, 3.8) is 0 Å². The monoisotopic (exact) mass is 270 g/mol. The molecule has 19 heavy (non-hydrogen) atoms.